The van der Waals surface area contributed by atoms with Crippen molar-refractivity contribution in [3.63, 3.8) is 0 Å². The molecule has 0 saturated heterocycles. The van der Waals surface area contributed by atoms with E-state index in [4.69, 9.17) is 0 Å². The van der Waals surface area contributed by atoms with Gasteiger partial charge < -0.3 is 0 Å². The van der Waals surface area contributed by atoms with Gasteiger partial charge in [0.05, 0.1) is 0 Å². The van der Waals surface area contributed by atoms with Crippen LogP contribution in [0, 0.1) is 11.8 Å². The Bertz CT molecular complexity index is 734. The van der Waals surface area contributed by atoms with Gasteiger partial charge in [-0.2, -0.15) is 0 Å². The van der Waals surface area contributed by atoms with E-state index in [1.807, 2.05) is 0 Å². The summed E-state index contributed by atoms with van der Waals surface area (Å²) >= 11 is 0. The smallest absolute Gasteiger partial charge is 0.00607 e. The molecule has 0 nitrogen and oxygen atoms in total. The van der Waals surface area contributed by atoms with Crippen molar-refractivity contribution >= 4 is 0 Å². The van der Waals surface area contributed by atoms with Gasteiger partial charge in [-0.15, -0.1) is 0 Å². The third kappa shape index (κ3) is 2.66. The first-order valence-electron chi connectivity index (χ1n) is 8.39. The van der Waals surface area contributed by atoms with Gasteiger partial charge in [-0.1, -0.05) is 79.3 Å². The van der Waals surface area contributed by atoms with E-state index in [1.165, 1.54) is 28.7 Å². The van der Waals surface area contributed by atoms with Crippen molar-refractivity contribution in [2.24, 2.45) is 11.8 Å². The highest BCUT2D eigenvalue weighted by atomic mass is 14.4. The number of hydrogen-bond donors (Lipinski definition) is 0. The number of fused-ring (bicyclic) bond motifs is 1. The molecule has 0 radical (unpaired) electrons. The fourth-order valence-electron chi connectivity index (χ4n) is 3.59. The third-order valence-electron chi connectivity index (χ3n) is 4.96. The fourth-order valence-corrected chi connectivity index (χ4v) is 3.59. The van der Waals surface area contributed by atoms with E-state index in [-0.39, 0.29) is 0 Å². The van der Waals surface area contributed by atoms with Crippen LogP contribution in [-0.4, -0.2) is 0 Å². The minimum atomic E-state index is 0.829. The van der Waals surface area contributed by atoms with Crippen molar-refractivity contribution in [3.8, 4) is 11.1 Å². The number of rotatable bonds is 4. The van der Waals surface area contributed by atoms with Gasteiger partial charge in [0.15, 0.2) is 0 Å². The lowest BCUT2D eigenvalue weighted by Crippen LogP contribution is -1.98. The van der Waals surface area contributed by atoms with Crippen LogP contribution < -0.4 is 0 Å². The summed E-state index contributed by atoms with van der Waals surface area (Å²) in [4.78, 5) is 0. The van der Waals surface area contributed by atoms with Crippen LogP contribution in [-0.2, 0) is 12.8 Å². The third-order valence-corrected chi connectivity index (χ3v) is 4.96. The number of hydrogen-bond acceptors (Lipinski definition) is 0. The molecule has 2 aliphatic carbocycles. The molecule has 1 fully saturated rings. The van der Waals surface area contributed by atoms with Crippen molar-refractivity contribution in [3.05, 3.63) is 83.5 Å². The van der Waals surface area contributed by atoms with Gasteiger partial charge in [-0.3, -0.25) is 0 Å². The standard InChI is InChI=1S/C22H22/c1-2-16-11-17(13-19-9-6-10-20-15-22(19)20)14-21(12-16)18-7-4-3-5-8-18/h3-12,14,20,22H,2,13,15H2,1H3. The quantitative estimate of drug-likeness (QED) is 0.687. The highest BCUT2D eigenvalue weighted by molar-refractivity contribution is 5.65. The van der Waals surface area contributed by atoms with Crippen molar-refractivity contribution < 1.29 is 0 Å². The summed E-state index contributed by atoms with van der Waals surface area (Å²) in [5.41, 5.74) is 7.20. The molecule has 2 aliphatic rings. The minimum Gasteiger partial charge on any atom is -0.0808 e. The molecule has 0 heteroatoms. The van der Waals surface area contributed by atoms with Gasteiger partial charge in [0.1, 0.15) is 0 Å². The van der Waals surface area contributed by atoms with Gasteiger partial charge in [-0.25, -0.2) is 0 Å². The second kappa shape index (κ2) is 5.61. The van der Waals surface area contributed by atoms with Crippen LogP contribution in [0.25, 0.3) is 11.1 Å². The zero-order chi connectivity index (χ0) is 14.9. The number of aryl methyl sites for hydroxylation is 1. The monoisotopic (exact) mass is 286 g/mol. The molecule has 0 aliphatic heterocycles. The van der Waals surface area contributed by atoms with Crippen LogP contribution in [0.4, 0.5) is 0 Å². The molecule has 2 unspecified atom stereocenters. The van der Waals surface area contributed by atoms with Gasteiger partial charge in [-0.05, 0) is 53.4 Å². The lowest BCUT2D eigenvalue weighted by Gasteiger charge is -2.13. The van der Waals surface area contributed by atoms with E-state index >= 15 is 0 Å². The first-order chi connectivity index (χ1) is 10.8. The Morgan fingerprint density at radius 3 is 2.59 bits per heavy atom. The first-order valence-corrected chi connectivity index (χ1v) is 8.39. The second-order valence-corrected chi connectivity index (χ2v) is 6.57. The van der Waals surface area contributed by atoms with Crippen LogP contribution in [0.2, 0.25) is 0 Å². The Kier molecular flexibility index (Phi) is 3.46. The molecule has 0 spiro atoms. The summed E-state index contributed by atoms with van der Waals surface area (Å²) in [5, 5.41) is 0. The zero-order valence-corrected chi connectivity index (χ0v) is 13.1. The molecule has 22 heavy (non-hydrogen) atoms. The van der Waals surface area contributed by atoms with E-state index in [0.29, 0.717) is 0 Å². The molecule has 2 atom stereocenters. The molecule has 0 bridgehead atoms. The van der Waals surface area contributed by atoms with Crippen LogP contribution in [0.5, 0.6) is 0 Å². The molecule has 110 valence electrons. The Hall–Kier alpha value is -2.08. The molecule has 4 rings (SSSR count). The van der Waals surface area contributed by atoms with Crippen molar-refractivity contribution in [2.75, 3.05) is 0 Å². The molecule has 2 aromatic rings. The molecule has 0 amide bonds. The highest BCUT2D eigenvalue weighted by Crippen LogP contribution is 2.48. The molecule has 0 N–H and O–H groups in total. The maximum absolute atomic E-state index is 2.39. The average Bonchev–Trinajstić information content (AvgIpc) is 3.36. The topological polar surface area (TPSA) is 0 Å². The lowest BCUT2D eigenvalue weighted by atomic mass is 9.92. The number of benzene rings is 2. The molecule has 2 aromatic carbocycles. The van der Waals surface area contributed by atoms with Gasteiger partial charge in [0, 0.05) is 0 Å². The second-order valence-electron chi connectivity index (χ2n) is 6.57. The molecular formula is C22H22. The normalized spacial score (nSPS) is 22.1. The summed E-state index contributed by atoms with van der Waals surface area (Å²) in [6, 6.07) is 17.9. The fraction of sp³-hybridized carbons (Fsp3) is 0.273. The maximum Gasteiger partial charge on any atom is -0.00607 e. The molecule has 1 saturated carbocycles. The SMILES string of the molecule is CCc1cc(CC2=CC=CC3CC23)cc(-c2ccccc2)c1. The predicted octanol–water partition coefficient (Wildman–Crippen LogP) is 5.59. The predicted molar refractivity (Wildman–Crippen MR) is 93.8 cm³/mol. The van der Waals surface area contributed by atoms with Crippen LogP contribution in [0.1, 0.15) is 24.5 Å². The Morgan fingerprint density at radius 2 is 1.77 bits per heavy atom. The van der Waals surface area contributed by atoms with E-state index in [0.717, 1.165) is 24.7 Å². The van der Waals surface area contributed by atoms with E-state index in [2.05, 4.69) is 73.7 Å². The van der Waals surface area contributed by atoms with E-state index in [9.17, 15) is 0 Å². The van der Waals surface area contributed by atoms with Crippen molar-refractivity contribution in [1.29, 1.82) is 0 Å². The Balaban J connectivity index is 1.67. The Morgan fingerprint density at radius 1 is 0.955 bits per heavy atom. The largest absolute Gasteiger partial charge is 0.0808 e. The number of allylic oxidation sites excluding steroid dienone is 4. The first kappa shape index (κ1) is 13.6. The van der Waals surface area contributed by atoms with Crippen molar-refractivity contribution in [1.82, 2.24) is 0 Å². The summed E-state index contributed by atoms with van der Waals surface area (Å²) in [5.74, 6) is 1.67. The molecule has 0 heterocycles. The van der Waals surface area contributed by atoms with Gasteiger partial charge in [0.25, 0.3) is 0 Å². The molecular weight excluding hydrogens is 264 g/mol. The van der Waals surface area contributed by atoms with Gasteiger partial charge >= 0.3 is 0 Å². The van der Waals surface area contributed by atoms with Crippen molar-refractivity contribution in [2.45, 2.75) is 26.2 Å². The summed E-state index contributed by atoms with van der Waals surface area (Å²) in [6.45, 7) is 2.24. The summed E-state index contributed by atoms with van der Waals surface area (Å²) in [7, 11) is 0. The van der Waals surface area contributed by atoms with Crippen LogP contribution >= 0.6 is 0 Å². The maximum atomic E-state index is 2.39. The van der Waals surface area contributed by atoms with E-state index < -0.39 is 0 Å². The average molecular weight is 286 g/mol. The van der Waals surface area contributed by atoms with Gasteiger partial charge in [0.2, 0.25) is 0 Å². The van der Waals surface area contributed by atoms with E-state index in [1.54, 1.807) is 5.57 Å². The lowest BCUT2D eigenvalue weighted by molar-refractivity contribution is 0.864. The molecule has 0 aromatic heterocycles. The summed E-state index contributed by atoms with van der Waals surface area (Å²) < 4.78 is 0. The Labute approximate surface area is 133 Å². The highest BCUT2D eigenvalue weighted by Gasteiger charge is 2.38. The van der Waals surface area contributed by atoms with Crippen LogP contribution in [0.3, 0.4) is 0 Å². The zero-order valence-electron chi connectivity index (χ0n) is 13.1. The van der Waals surface area contributed by atoms with Crippen LogP contribution in [0.15, 0.2) is 72.3 Å². The summed E-state index contributed by atoms with van der Waals surface area (Å²) in [6.07, 6.45) is 10.5. The minimum absolute atomic E-state index is 0.829.